The van der Waals surface area contributed by atoms with Crippen molar-refractivity contribution >= 4 is 23.1 Å². The zero-order valence-electron chi connectivity index (χ0n) is 8.72. The van der Waals surface area contributed by atoms with Crippen molar-refractivity contribution < 1.29 is 0 Å². The third-order valence-electron chi connectivity index (χ3n) is 2.41. The van der Waals surface area contributed by atoms with Crippen LogP contribution < -0.4 is 10.6 Å². The number of thioether (sulfide) groups is 1. The molecule has 1 aliphatic rings. The Balaban J connectivity index is 2.49. The molecule has 0 amide bonds. The highest BCUT2D eigenvalue weighted by atomic mass is 32.2. The molecule has 14 heavy (non-hydrogen) atoms. The van der Waals surface area contributed by atoms with E-state index < -0.39 is 0 Å². The van der Waals surface area contributed by atoms with Crippen LogP contribution in [-0.2, 0) is 6.42 Å². The highest BCUT2D eigenvalue weighted by Gasteiger charge is 2.22. The van der Waals surface area contributed by atoms with E-state index in [0.29, 0.717) is 5.37 Å². The number of nitrogens with one attached hydrogen (secondary N) is 2. The van der Waals surface area contributed by atoms with Gasteiger partial charge in [0, 0.05) is 12.6 Å². The summed E-state index contributed by atoms with van der Waals surface area (Å²) in [7, 11) is 1.94. The van der Waals surface area contributed by atoms with Gasteiger partial charge in [0.15, 0.2) is 0 Å². The zero-order chi connectivity index (χ0) is 10.1. The van der Waals surface area contributed by atoms with Crippen LogP contribution >= 0.6 is 11.8 Å². The molecule has 4 heteroatoms. The molecule has 0 aromatic carbocycles. The lowest BCUT2D eigenvalue weighted by molar-refractivity contribution is 1.05. The molecule has 0 spiro atoms. The average molecular weight is 209 g/mol. The second kappa shape index (κ2) is 3.69. The van der Waals surface area contributed by atoms with Gasteiger partial charge in [-0.1, -0.05) is 18.7 Å². The molecule has 0 aliphatic carbocycles. The van der Waals surface area contributed by atoms with Crippen molar-refractivity contribution in [3.63, 3.8) is 0 Å². The van der Waals surface area contributed by atoms with Gasteiger partial charge in [-0.3, -0.25) is 0 Å². The van der Waals surface area contributed by atoms with Crippen molar-refractivity contribution in [1.29, 1.82) is 0 Å². The van der Waals surface area contributed by atoms with Gasteiger partial charge < -0.3 is 10.6 Å². The normalized spacial score (nSPS) is 18.9. The Labute approximate surface area is 88.7 Å². The summed E-state index contributed by atoms with van der Waals surface area (Å²) in [6, 6.07) is 0. The number of anilines is 2. The lowest BCUT2D eigenvalue weighted by atomic mass is 10.1. The summed E-state index contributed by atoms with van der Waals surface area (Å²) in [5.74, 6) is 0. The molecular formula is C10H15N3S. The Bertz CT molecular complexity index is 351. The second-order valence-corrected chi connectivity index (χ2v) is 4.67. The molecule has 3 nitrogen and oxygen atoms in total. The zero-order valence-corrected chi connectivity index (χ0v) is 9.53. The molecule has 1 atom stereocenters. The van der Waals surface area contributed by atoms with Crippen LogP contribution in [0.15, 0.2) is 11.2 Å². The summed E-state index contributed by atoms with van der Waals surface area (Å²) in [4.78, 5) is 4.43. The number of fused-ring (bicyclic) bond motifs is 1. The van der Waals surface area contributed by atoms with Crippen molar-refractivity contribution in [2.75, 3.05) is 17.7 Å². The Morgan fingerprint density at radius 2 is 2.43 bits per heavy atom. The molecule has 0 fully saturated rings. The molecule has 1 aromatic rings. The van der Waals surface area contributed by atoms with Crippen LogP contribution in [0.1, 0.15) is 19.4 Å². The maximum absolute atomic E-state index is 4.43. The number of rotatable bonds is 2. The minimum Gasteiger partial charge on any atom is -0.387 e. The standard InChI is InChI=1S/C10H15N3S/c1-4-7-8(11-3)5-12-10-9(7)13-6(2)14-10/h5-6,11,13H,4H2,1-3H3. The molecule has 76 valence electrons. The summed E-state index contributed by atoms with van der Waals surface area (Å²) < 4.78 is 0. The van der Waals surface area contributed by atoms with E-state index in [0.717, 1.165) is 17.1 Å². The first-order valence-corrected chi connectivity index (χ1v) is 5.77. The highest BCUT2D eigenvalue weighted by Crippen LogP contribution is 2.41. The number of hydrogen-bond acceptors (Lipinski definition) is 4. The third kappa shape index (κ3) is 1.43. The summed E-state index contributed by atoms with van der Waals surface area (Å²) >= 11 is 1.79. The van der Waals surface area contributed by atoms with Gasteiger partial charge in [-0.25, -0.2) is 4.98 Å². The van der Waals surface area contributed by atoms with Gasteiger partial charge in [-0.2, -0.15) is 0 Å². The SMILES string of the molecule is CCc1c(NC)cnc2c1NC(C)S2. The molecular weight excluding hydrogens is 194 g/mol. The van der Waals surface area contributed by atoms with Crippen LogP contribution in [0, 0.1) is 0 Å². The van der Waals surface area contributed by atoms with Crippen molar-refractivity contribution in [3.05, 3.63) is 11.8 Å². The van der Waals surface area contributed by atoms with Crippen molar-refractivity contribution in [2.24, 2.45) is 0 Å². The van der Waals surface area contributed by atoms with Gasteiger partial charge in [0.2, 0.25) is 0 Å². The molecule has 1 aromatic heterocycles. The maximum atomic E-state index is 4.43. The minimum atomic E-state index is 0.440. The lowest BCUT2D eigenvalue weighted by Crippen LogP contribution is -2.06. The first kappa shape index (κ1) is 9.65. The first-order chi connectivity index (χ1) is 6.76. The summed E-state index contributed by atoms with van der Waals surface area (Å²) in [5.41, 5.74) is 3.69. The maximum Gasteiger partial charge on any atom is 0.122 e. The molecule has 2 heterocycles. The monoisotopic (exact) mass is 209 g/mol. The van der Waals surface area contributed by atoms with Crippen molar-refractivity contribution in [2.45, 2.75) is 30.7 Å². The molecule has 2 N–H and O–H groups in total. The summed E-state index contributed by atoms with van der Waals surface area (Å²) in [6.45, 7) is 4.33. The van der Waals surface area contributed by atoms with Crippen LogP contribution in [-0.4, -0.2) is 17.4 Å². The minimum absolute atomic E-state index is 0.440. The Hall–Kier alpha value is -0.900. The van der Waals surface area contributed by atoms with Gasteiger partial charge in [0.1, 0.15) is 5.03 Å². The number of aromatic nitrogens is 1. The fourth-order valence-corrected chi connectivity index (χ4v) is 2.68. The fraction of sp³-hybridized carbons (Fsp3) is 0.500. The summed E-state index contributed by atoms with van der Waals surface area (Å²) in [5, 5.41) is 8.20. The van der Waals surface area contributed by atoms with E-state index in [4.69, 9.17) is 0 Å². The number of hydrogen-bond donors (Lipinski definition) is 2. The van der Waals surface area contributed by atoms with Crippen LogP contribution in [0.4, 0.5) is 11.4 Å². The molecule has 0 saturated heterocycles. The molecule has 0 bridgehead atoms. The first-order valence-electron chi connectivity index (χ1n) is 4.89. The summed E-state index contributed by atoms with van der Waals surface area (Å²) in [6.07, 6.45) is 2.95. The number of nitrogens with zero attached hydrogens (tertiary/aromatic N) is 1. The van der Waals surface area contributed by atoms with Crippen LogP contribution in [0.5, 0.6) is 0 Å². The van der Waals surface area contributed by atoms with E-state index in [1.165, 1.54) is 11.3 Å². The van der Waals surface area contributed by atoms with Gasteiger partial charge in [-0.05, 0) is 13.3 Å². The van der Waals surface area contributed by atoms with E-state index in [1.54, 1.807) is 11.8 Å². The largest absolute Gasteiger partial charge is 0.387 e. The smallest absolute Gasteiger partial charge is 0.122 e. The van der Waals surface area contributed by atoms with Gasteiger partial charge in [0.25, 0.3) is 0 Å². The predicted octanol–water partition coefficient (Wildman–Crippen LogP) is 2.55. The third-order valence-corrected chi connectivity index (χ3v) is 3.41. The Morgan fingerprint density at radius 1 is 1.64 bits per heavy atom. The Kier molecular flexibility index (Phi) is 2.54. The Morgan fingerprint density at radius 3 is 3.07 bits per heavy atom. The van der Waals surface area contributed by atoms with Crippen molar-refractivity contribution in [1.82, 2.24) is 4.98 Å². The van der Waals surface area contributed by atoms with E-state index in [1.807, 2.05) is 13.2 Å². The van der Waals surface area contributed by atoms with Crippen LogP contribution in [0.3, 0.4) is 0 Å². The van der Waals surface area contributed by atoms with Gasteiger partial charge >= 0.3 is 0 Å². The quantitative estimate of drug-likeness (QED) is 0.785. The molecule has 2 rings (SSSR count). The van der Waals surface area contributed by atoms with Crippen LogP contribution in [0.2, 0.25) is 0 Å². The molecule has 1 unspecified atom stereocenters. The van der Waals surface area contributed by atoms with Gasteiger partial charge in [0.05, 0.1) is 22.9 Å². The van der Waals surface area contributed by atoms with E-state index in [-0.39, 0.29) is 0 Å². The van der Waals surface area contributed by atoms with Gasteiger partial charge in [-0.15, -0.1) is 0 Å². The second-order valence-electron chi connectivity index (χ2n) is 3.34. The molecule has 0 radical (unpaired) electrons. The number of pyridine rings is 1. The fourth-order valence-electron chi connectivity index (χ4n) is 1.75. The van der Waals surface area contributed by atoms with E-state index in [9.17, 15) is 0 Å². The molecule has 0 saturated carbocycles. The van der Waals surface area contributed by atoms with Crippen LogP contribution in [0.25, 0.3) is 0 Å². The van der Waals surface area contributed by atoms with E-state index in [2.05, 4.69) is 29.5 Å². The predicted molar refractivity (Wildman–Crippen MR) is 62.1 cm³/mol. The topological polar surface area (TPSA) is 37.0 Å². The lowest BCUT2D eigenvalue weighted by Gasteiger charge is -2.11. The average Bonchev–Trinajstić information content (AvgIpc) is 2.56. The highest BCUT2D eigenvalue weighted by molar-refractivity contribution is 8.00. The molecule has 1 aliphatic heterocycles. The van der Waals surface area contributed by atoms with E-state index >= 15 is 0 Å². The van der Waals surface area contributed by atoms with Crippen molar-refractivity contribution in [3.8, 4) is 0 Å².